The van der Waals surface area contributed by atoms with Crippen molar-refractivity contribution in [2.45, 2.75) is 6.92 Å². The maximum absolute atomic E-state index is 11.2. The van der Waals surface area contributed by atoms with Crippen molar-refractivity contribution in [3.05, 3.63) is 44.5 Å². The lowest BCUT2D eigenvalue weighted by molar-refractivity contribution is -0.390. The molecule has 0 aliphatic carbocycles. The Hall–Kier alpha value is -3.03. The first-order valence-electron chi connectivity index (χ1n) is 6.09. The molecule has 106 valence electrons. The lowest BCUT2D eigenvalue weighted by Crippen LogP contribution is -2.25. The summed E-state index contributed by atoms with van der Waals surface area (Å²) in [5.74, 6) is 0.714. The quantitative estimate of drug-likeness (QED) is 0.623. The lowest BCUT2D eigenvalue weighted by atomic mass is 10.0. The molecular weight excluding hydrogens is 276 g/mol. The second kappa shape index (κ2) is 4.23. The van der Waals surface area contributed by atoms with Gasteiger partial charge in [-0.25, -0.2) is 4.99 Å². The highest BCUT2D eigenvalue weighted by Crippen LogP contribution is 2.45. The van der Waals surface area contributed by atoms with Crippen LogP contribution in [-0.2, 0) is 0 Å². The molecule has 0 amide bonds. The Morgan fingerprint density at radius 1 is 1.00 bits per heavy atom. The average molecular weight is 286 g/mol. The molecule has 0 saturated heterocycles. The third-order valence-corrected chi connectivity index (χ3v) is 3.60. The van der Waals surface area contributed by atoms with Crippen LogP contribution in [0.25, 0.3) is 10.8 Å². The van der Waals surface area contributed by atoms with E-state index in [4.69, 9.17) is 0 Å². The molecule has 0 bridgehead atoms. The highest BCUT2D eigenvalue weighted by molar-refractivity contribution is 6.18. The van der Waals surface area contributed by atoms with Crippen molar-refractivity contribution in [1.82, 2.24) is 0 Å². The van der Waals surface area contributed by atoms with Crippen LogP contribution in [0.4, 0.5) is 22.7 Å². The zero-order valence-electron chi connectivity index (χ0n) is 11.2. The zero-order chi connectivity index (χ0) is 15.3. The first-order valence-corrected chi connectivity index (χ1v) is 6.09. The van der Waals surface area contributed by atoms with Crippen LogP contribution in [0.2, 0.25) is 0 Å². The summed E-state index contributed by atoms with van der Waals surface area (Å²) >= 11 is 0. The van der Waals surface area contributed by atoms with E-state index in [-0.39, 0.29) is 16.8 Å². The van der Waals surface area contributed by atoms with Gasteiger partial charge in [-0.05, 0) is 19.1 Å². The highest BCUT2D eigenvalue weighted by Gasteiger charge is 2.29. The van der Waals surface area contributed by atoms with Gasteiger partial charge in [0.15, 0.2) is 0 Å². The molecule has 2 aromatic carbocycles. The minimum Gasteiger partial charge on any atom is -0.333 e. The molecule has 21 heavy (non-hydrogen) atoms. The smallest absolute Gasteiger partial charge is 0.284 e. The maximum Gasteiger partial charge on any atom is 0.284 e. The van der Waals surface area contributed by atoms with Crippen molar-refractivity contribution in [3.63, 3.8) is 0 Å². The van der Waals surface area contributed by atoms with Gasteiger partial charge in [0.25, 0.3) is 11.4 Å². The van der Waals surface area contributed by atoms with Gasteiger partial charge in [-0.15, -0.1) is 0 Å². The van der Waals surface area contributed by atoms with Gasteiger partial charge in [0.2, 0.25) is 0 Å². The Bertz CT molecular complexity index is 823. The minimum atomic E-state index is -0.610. The van der Waals surface area contributed by atoms with Crippen LogP contribution in [0.3, 0.4) is 0 Å². The van der Waals surface area contributed by atoms with Gasteiger partial charge in [-0.1, -0.05) is 0 Å². The predicted molar refractivity (Wildman–Crippen MR) is 78.4 cm³/mol. The lowest BCUT2D eigenvalue weighted by Gasteiger charge is -2.25. The van der Waals surface area contributed by atoms with Crippen molar-refractivity contribution >= 4 is 39.4 Å². The Balaban J connectivity index is 2.55. The summed E-state index contributed by atoms with van der Waals surface area (Å²) in [7, 11) is 1.77. The molecule has 2 aromatic rings. The Labute approximate surface area is 118 Å². The number of hydrogen-bond acceptors (Lipinski definition) is 6. The van der Waals surface area contributed by atoms with Crippen LogP contribution in [0.15, 0.2) is 29.3 Å². The third kappa shape index (κ3) is 1.72. The summed E-state index contributed by atoms with van der Waals surface area (Å²) in [4.78, 5) is 27.3. The molecule has 3 rings (SSSR count). The van der Waals surface area contributed by atoms with Crippen LogP contribution in [0, 0.1) is 20.2 Å². The molecular formula is C13H10N4O4. The van der Waals surface area contributed by atoms with E-state index in [2.05, 4.69) is 4.99 Å². The number of nitrogens with zero attached hydrogens (tertiary/aromatic N) is 4. The van der Waals surface area contributed by atoms with Crippen LogP contribution < -0.4 is 4.90 Å². The number of nitro benzene ring substituents is 2. The molecule has 8 heteroatoms. The molecule has 1 aliphatic heterocycles. The topological polar surface area (TPSA) is 102 Å². The molecule has 0 spiro atoms. The molecule has 1 heterocycles. The second-order valence-electron chi connectivity index (χ2n) is 4.69. The van der Waals surface area contributed by atoms with Gasteiger partial charge in [-0.3, -0.25) is 20.2 Å². The SMILES string of the molecule is CC1=Nc2ccc([N+](=O)[O-])c3c([N+](=O)[O-])ccc(c23)N1C. The normalized spacial score (nSPS) is 13.2. The number of nitro groups is 2. The van der Waals surface area contributed by atoms with Gasteiger partial charge in [0, 0.05) is 24.6 Å². The zero-order valence-corrected chi connectivity index (χ0v) is 11.2. The second-order valence-corrected chi connectivity index (χ2v) is 4.69. The molecule has 0 N–H and O–H groups in total. The van der Waals surface area contributed by atoms with Crippen molar-refractivity contribution in [1.29, 1.82) is 0 Å². The Morgan fingerprint density at radius 3 is 2.14 bits per heavy atom. The fourth-order valence-corrected chi connectivity index (χ4v) is 2.52. The van der Waals surface area contributed by atoms with Crippen LogP contribution in [0.5, 0.6) is 0 Å². The Kier molecular flexibility index (Phi) is 2.62. The van der Waals surface area contributed by atoms with E-state index < -0.39 is 9.85 Å². The van der Waals surface area contributed by atoms with E-state index in [0.29, 0.717) is 22.6 Å². The minimum absolute atomic E-state index is 0.0168. The van der Waals surface area contributed by atoms with Gasteiger partial charge in [0.05, 0.1) is 21.2 Å². The van der Waals surface area contributed by atoms with E-state index >= 15 is 0 Å². The van der Waals surface area contributed by atoms with Crippen molar-refractivity contribution < 1.29 is 9.85 Å². The largest absolute Gasteiger partial charge is 0.333 e. The summed E-state index contributed by atoms with van der Waals surface area (Å²) in [6, 6.07) is 5.66. The van der Waals surface area contributed by atoms with Crippen molar-refractivity contribution in [3.8, 4) is 0 Å². The van der Waals surface area contributed by atoms with Gasteiger partial charge in [-0.2, -0.15) is 0 Å². The molecule has 0 atom stereocenters. The number of anilines is 1. The van der Waals surface area contributed by atoms with E-state index in [1.165, 1.54) is 18.2 Å². The van der Waals surface area contributed by atoms with Crippen molar-refractivity contribution in [2.75, 3.05) is 11.9 Å². The standard InChI is InChI=1S/C13H10N4O4/c1-7-14-8-3-4-10(16(18)19)13-11(17(20)21)6-5-9(12(8)13)15(7)2/h3-6H,1-2H3. The Morgan fingerprint density at radius 2 is 1.57 bits per heavy atom. The first-order chi connectivity index (χ1) is 9.91. The summed E-state index contributed by atoms with van der Waals surface area (Å²) in [6.07, 6.45) is 0. The number of amidine groups is 1. The van der Waals surface area contributed by atoms with Crippen molar-refractivity contribution in [2.24, 2.45) is 4.99 Å². The molecule has 0 fully saturated rings. The molecule has 0 radical (unpaired) electrons. The van der Waals surface area contributed by atoms with Crippen LogP contribution in [-0.4, -0.2) is 22.7 Å². The monoisotopic (exact) mass is 286 g/mol. The van der Waals surface area contributed by atoms with E-state index in [0.717, 1.165) is 0 Å². The number of non-ortho nitro benzene ring substituents is 2. The number of benzene rings is 2. The summed E-state index contributed by atoms with van der Waals surface area (Å²) in [5.41, 5.74) is 0.600. The molecule has 0 aromatic heterocycles. The van der Waals surface area contributed by atoms with Gasteiger partial charge >= 0.3 is 0 Å². The fraction of sp³-hybridized carbons (Fsp3) is 0.154. The number of aliphatic imine (C=N–C) groups is 1. The van der Waals surface area contributed by atoms with E-state index in [1.54, 1.807) is 24.9 Å². The van der Waals surface area contributed by atoms with Crippen LogP contribution >= 0.6 is 0 Å². The third-order valence-electron chi connectivity index (χ3n) is 3.60. The van der Waals surface area contributed by atoms with Crippen LogP contribution in [0.1, 0.15) is 6.92 Å². The summed E-state index contributed by atoms with van der Waals surface area (Å²) in [5, 5.41) is 22.8. The summed E-state index contributed by atoms with van der Waals surface area (Å²) in [6.45, 7) is 1.80. The highest BCUT2D eigenvalue weighted by atomic mass is 16.6. The van der Waals surface area contributed by atoms with E-state index in [9.17, 15) is 20.2 Å². The number of hydrogen-bond donors (Lipinski definition) is 0. The molecule has 1 aliphatic rings. The maximum atomic E-state index is 11.2. The van der Waals surface area contributed by atoms with E-state index in [1.807, 2.05) is 0 Å². The first kappa shape index (κ1) is 13.0. The van der Waals surface area contributed by atoms with Gasteiger partial charge in [0.1, 0.15) is 11.2 Å². The molecule has 0 saturated carbocycles. The van der Waals surface area contributed by atoms with Gasteiger partial charge < -0.3 is 4.90 Å². The predicted octanol–water partition coefficient (Wildman–Crippen LogP) is 3.16. The average Bonchev–Trinajstić information content (AvgIpc) is 2.43. The number of rotatable bonds is 2. The summed E-state index contributed by atoms with van der Waals surface area (Å²) < 4.78 is 0. The molecule has 8 nitrogen and oxygen atoms in total. The molecule has 0 unspecified atom stereocenters. The fourth-order valence-electron chi connectivity index (χ4n) is 2.52.